The van der Waals surface area contributed by atoms with Gasteiger partial charge in [0.2, 0.25) is 0 Å². The van der Waals surface area contributed by atoms with Gasteiger partial charge in [-0.1, -0.05) is 30.9 Å². The number of nitrogens with one attached hydrogen (secondary N) is 2. The molecule has 0 radical (unpaired) electrons. The van der Waals surface area contributed by atoms with Gasteiger partial charge in [-0.3, -0.25) is 9.59 Å². The van der Waals surface area contributed by atoms with Crippen LogP contribution in [0, 0.1) is 0 Å². The lowest BCUT2D eigenvalue weighted by Crippen LogP contribution is -2.37. The van der Waals surface area contributed by atoms with Crippen LogP contribution in [0.3, 0.4) is 0 Å². The molecule has 1 saturated carbocycles. The summed E-state index contributed by atoms with van der Waals surface area (Å²) in [6, 6.07) is 7.05. The summed E-state index contributed by atoms with van der Waals surface area (Å²) in [7, 11) is 0. The van der Waals surface area contributed by atoms with E-state index in [9.17, 15) is 9.59 Å². The van der Waals surface area contributed by atoms with E-state index < -0.39 is 0 Å². The van der Waals surface area contributed by atoms with Crippen LogP contribution in [0.15, 0.2) is 24.3 Å². The van der Waals surface area contributed by atoms with Gasteiger partial charge in [0.15, 0.2) is 0 Å². The van der Waals surface area contributed by atoms with Crippen LogP contribution in [0.2, 0.25) is 5.02 Å². The number of thiophene rings is 1. The van der Waals surface area contributed by atoms with Gasteiger partial charge >= 0.3 is 0 Å². The molecule has 28 heavy (non-hydrogen) atoms. The van der Waals surface area contributed by atoms with E-state index in [0.29, 0.717) is 21.2 Å². The summed E-state index contributed by atoms with van der Waals surface area (Å²) >= 11 is 7.48. The van der Waals surface area contributed by atoms with Crippen LogP contribution in [0.25, 0.3) is 0 Å². The van der Waals surface area contributed by atoms with Crippen molar-refractivity contribution in [1.82, 2.24) is 5.32 Å². The van der Waals surface area contributed by atoms with E-state index in [1.54, 1.807) is 35.6 Å². The average molecular weight is 417 g/mol. The Balaban J connectivity index is 1.59. The second-order valence-electron chi connectivity index (χ2n) is 7.68. The van der Waals surface area contributed by atoms with Crippen molar-refractivity contribution in [3.63, 3.8) is 0 Å². The van der Waals surface area contributed by atoms with Crippen molar-refractivity contribution >= 4 is 39.8 Å². The second kappa shape index (κ2) is 8.66. The maximum atomic E-state index is 13.2. The van der Waals surface area contributed by atoms with Crippen LogP contribution >= 0.6 is 22.9 Å². The number of carbonyl (C=O) groups excluding carboxylic acids is 2. The van der Waals surface area contributed by atoms with E-state index in [1.807, 2.05) is 0 Å². The zero-order valence-electron chi connectivity index (χ0n) is 15.9. The van der Waals surface area contributed by atoms with Gasteiger partial charge in [-0.15, -0.1) is 11.3 Å². The van der Waals surface area contributed by atoms with Crippen molar-refractivity contribution in [2.75, 3.05) is 5.32 Å². The molecular formula is C22H25ClN2O2S. The smallest absolute Gasteiger partial charge is 0.256 e. The normalized spacial score (nSPS) is 17.0. The molecule has 0 aliphatic heterocycles. The molecule has 0 saturated heterocycles. The zero-order chi connectivity index (χ0) is 19.5. The zero-order valence-corrected chi connectivity index (χ0v) is 17.4. The summed E-state index contributed by atoms with van der Waals surface area (Å²) in [5.74, 6) is -0.236. The van der Waals surface area contributed by atoms with E-state index in [4.69, 9.17) is 11.6 Å². The third-order valence-electron chi connectivity index (χ3n) is 5.67. The van der Waals surface area contributed by atoms with Gasteiger partial charge in [0.1, 0.15) is 5.00 Å². The first-order valence-corrected chi connectivity index (χ1v) is 11.3. The predicted octanol–water partition coefficient (Wildman–Crippen LogP) is 5.60. The lowest BCUT2D eigenvalue weighted by molar-refractivity contribution is 0.0928. The topological polar surface area (TPSA) is 58.2 Å². The van der Waals surface area contributed by atoms with Crippen molar-refractivity contribution in [3.05, 3.63) is 50.9 Å². The molecule has 1 aromatic carbocycles. The second-order valence-corrected chi connectivity index (χ2v) is 9.23. The number of rotatable bonds is 4. The van der Waals surface area contributed by atoms with Gasteiger partial charge in [0.25, 0.3) is 11.8 Å². The number of fused-ring (bicyclic) bond motifs is 1. The summed E-state index contributed by atoms with van der Waals surface area (Å²) in [5.41, 5.74) is 2.36. The summed E-state index contributed by atoms with van der Waals surface area (Å²) in [4.78, 5) is 27.1. The molecule has 1 aromatic heterocycles. The number of halogens is 1. The maximum absolute atomic E-state index is 13.2. The Morgan fingerprint density at radius 1 is 0.929 bits per heavy atom. The van der Waals surface area contributed by atoms with Gasteiger partial charge in [0, 0.05) is 21.5 Å². The lowest BCUT2D eigenvalue weighted by Gasteiger charge is -2.23. The highest BCUT2D eigenvalue weighted by atomic mass is 35.5. The van der Waals surface area contributed by atoms with Crippen LogP contribution in [0.4, 0.5) is 5.00 Å². The number of hydrogen-bond donors (Lipinski definition) is 2. The van der Waals surface area contributed by atoms with Crippen molar-refractivity contribution in [2.24, 2.45) is 0 Å². The van der Waals surface area contributed by atoms with Gasteiger partial charge in [-0.2, -0.15) is 0 Å². The largest absolute Gasteiger partial charge is 0.349 e. The van der Waals surface area contributed by atoms with E-state index in [2.05, 4.69) is 10.6 Å². The molecule has 2 N–H and O–H groups in total. The molecule has 0 unspecified atom stereocenters. The SMILES string of the molecule is O=C(Nc1sc2c(c1C(=O)NC1CCCCC1)CCCC2)c1ccc(Cl)cc1. The molecule has 2 aliphatic rings. The third kappa shape index (κ3) is 4.26. The lowest BCUT2D eigenvalue weighted by atomic mass is 9.93. The first-order valence-electron chi connectivity index (χ1n) is 10.1. The summed E-state index contributed by atoms with van der Waals surface area (Å²) in [5, 5.41) is 7.50. The van der Waals surface area contributed by atoms with Crippen molar-refractivity contribution < 1.29 is 9.59 Å². The van der Waals surface area contributed by atoms with Gasteiger partial charge in [-0.25, -0.2) is 0 Å². The van der Waals surface area contributed by atoms with E-state index >= 15 is 0 Å². The number of aryl methyl sites for hydroxylation is 1. The van der Waals surface area contributed by atoms with Crippen LogP contribution < -0.4 is 10.6 Å². The highest BCUT2D eigenvalue weighted by Crippen LogP contribution is 2.38. The molecular weight excluding hydrogens is 392 g/mol. The highest BCUT2D eigenvalue weighted by molar-refractivity contribution is 7.17. The van der Waals surface area contributed by atoms with E-state index in [1.165, 1.54) is 24.1 Å². The molecule has 4 nitrogen and oxygen atoms in total. The van der Waals surface area contributed by atoms with Crippen LogP contribution in [0.1, 0.15) is 76.1 Å². The molecule has 0 atom stereocenters. The van der Waals surface area contributed by atoms with Crippen LogP contribution in [-0.4, -0.2) is 17.9 Å². The molecule has 2 aromatic rings. The molecule has 0 spiro atoms. The molecule has 2 amide bonds. The summed E-state index contributed by atoms with van der Waals surface area (Å²) < 4.78 is 0. The van der Waals surface area contributed by atoms with E-state index in [-0.39, 0.29) is 17.9 Å². The Morgan fingerprint density at radius 2 is 1.64 bits per heavy atom. The number of benzene rings is 1. The predicted molar refractivity (Wildman–Crippen MR) is 115 cm³/mol. The number of hydrogen-bond acceptors (Lipinski definition) is 3. The fourth-order valence-corrected chi connectivity index (χ4v) is 5.58. The first kappa shape index (κ1) is 19.5. The molecule has 1 heterocycles. The first-order chi connectivity index (χ1) is 13.6. The monoisotopic (exact) mass is 416 g/mol. The molecule has 6 heteroatoms. The fraction of sp³-hybridized carbons (Fsp3) is 0.455. The Kier molecular flexibility index (Phi) is 6.02. The summed E-state index contributed by atoms with van der Waals surface area (Å²) in [6.07, 6.45) is 9.83. The molecule has 148 valence electrons. The standard InChI is InChI=1S/C22H25ClN2O2S/c23-15-12-10-14(11-13-15)20(26)25-22-19(17-8-4-5-9-18(17)28-22)21(27)24-16-6-2-1-3-7-16/h10-13,16H,1-9H2,(H,24,27)(H,25,26). The highest BCUT2D eigenvalue weighted by Gasteiger charge is 2.28. The van der Waals surface area contributed by atoms with Gasteiger partial charge in [0.05, 0.1) is 5.56 Å². The quantitative estimate of drug-likeness (QED) is 0.681. The van der Waals surface area contributed by atoms with Crippen molar-refractivity contribution in [2.45, 2.75) is 63.8 Å². The third-order valence-corrected chi connectivity index (χ3v) is 7.13. The van der Waals surface area contributed by atoms with Crippen molar-refractivity contribution in [3.8, 4) is 0 Å². The average Bonchev–Trinajstić information content (AvgIpc) is 3.07. The molecule has 4 rings (SSSR count). The molecule has 0 bridgehead atoms. The number of anilines is 1. The minimum atomic E-state index is -0.207. The fourth-order valence-electron chi connectivity index (χ4n) is 4.18. The Bertz CT molecular complexity index is 869. The maximum Gasteiger partial charge on any atom is 0.256 e. The minimum Gasteiger partial charge on any atom is -0.349 e. The van der Waals surface area contributed by atoms with Crippen molar-refractivity contribution in [1.29, 1.82) is 0 Å². The van der Waals surface area contributed by atoms with Gasteiger partial charge < -0.3 is 10.6 Å². The van der Waals surface area contributed by atoms with Crippen LogP contribution in [-0.2, 0) is 12.8 Å². The molecule has 1 fully saturated rings. The summed E-state index contributed by atoms with van der Waals surface area (Å²) in [6.45, 7) is 0. The van der Waals surface area contributed by atoms with Crippen LogP contribution in [0.5, 0.6) is 0 Å². The Morgan fingerprint density at radius 3 is 2.39 bits per heavy atom. The van der Waals surface area contributed by atoms with Gasteiger partial charge in [-0.05, 0) is 68.4 Å². The minimum absolute atomic E-state index is 0.0299. The Hall–Kier alpha value is -1.85. The Labute approximate surface area is 174 Å². The molecule has 2 aliphatic carbocycles. The number of carbonyl (C=O) groups is 2. The van der Waals surface area contributed by atoms with E-state index in [0.717, 1.165) is 44.1 Å². The number of amides is 2.